The molecule has 0 saturated heterocycles. The van der Waals surface area contributed by atoms with Gasteiger partial charge < -0.3 is 24.8 Å². The molecule has 180 valence electrons. The second kappa shape index (κ2) is 10.3. The monoisotopic (exact) mass is 570 g/mol. The fourth-order valence-corrected chi connectivity index (χ4v) is 15.3. The van der Waals surface area contributed by atoms with Crippen LogP contribution < -0.4 is 28.1 Å². The molecular formula is C31H38Cl2Zr. The van der Waals surface area contributed by atoms with Crippen molar-refractivity contribution in [2.75, 3.05) is 0 Å². The van der Waals surface area contributed by atoms with Gasteiger partial charge in [0.1, 0.15) is 0 Å². The summed E-state index contributed by atoms with van der Waals surface area (Å²) in [7, 11) is 0. The minimum absolute atomic E-state index is 0. The largest absolute Gasteiger partial charge is 1.00 e. The first-order chi connectivity index (χ1) is 15.1. The molecule has 0 heterocycles. The summed E-state index contributed by atoms with van der Waals surface area (Å²) in [5.41, 5.74) is 9.77. The number of hydrogen-bond acceptors (Lipinski definition) is 0. The van der Waals surface area contributed by atoms with Crippen molar-refractivity contribution in [1.82, 2.24) is 0 Å². The molecule has 34 heavy (non-hydrogen) atoms. The Balaban J connectivity index is 0.00000162. The fraction of sp³-hybridized carbons (Fsp3) is 0.452. The zero-order valence-corrected chi connectivity index (χ0v) is 25.6. The number of allylic oxidation sites excluding steroid dienone is 4. The molecule has 2 aromatic carbocycles. The zero-order chi connectivity index (χ0) is 22.7. The molecule has 0 radical (unpaired) electrons. The van der Waals surface area contributed by atoms with E-state index in [9.17, 15) is 0 Å². The Morgan fingerprint density at radius 3 is 2.06 bits per heavy atom. The van der Waals surface area contributed by atoms with Crippen molar-refractivity contribution in [3.63, 3.8) is 0 Å². The van der Waals surface area contributed by atoms with Gasteiger partial charge in [0.15, 0.2) is 0 Å². The van der Waals surface area contributed by atoms with E-state index >= 15 is 0 Å². The molecule has 3 heteroatoms. The molecule has 0 atom stereocenters. The maximum absolute atomic E-state index is 2.51. The first kappa shape index (κ1) is 27.8. The van der Waals surface area contributed by atoms with Crippen LogP contribution in [-0.4, -0.2) is 3.21 Å². The Morgan fingerprint density at radius 2 is 1.47 bits per heavy atom. The average molecular weight is 573 g/mol. The van der Waals surface area contributed by atoms with E-state index in [4.69, 9.17) is 0 Å². The van der Waals surface area contributed by atoms with Gasteiger partial charge in [-0.2, -0.15) is 0 Å². The number of hydrogen-bond donors (Lipinski definition) is 0. The van der Waals surface area contributed by atoms with Crippen molar-refractivity contribution >= 4 is 6.48 Å². The average Bonchev–Trinajstić information content (AvgIpc) is 3.47. The number of halogens is 2. The normalized spacial score (nSPS) is 16.3. The molecule has 0 amide bonds. The minimum atomic E-state index is -2.11. The first-order valence-electron chi connectivity index (χ1n) is 12.5. The molecule has 1 fully saturated rings. The first-order valence-corrected chi connectivity index (χ1v) is 16.2. The Hall–Kier alpha value is -0.747. The van der Waals surface area contributed by atoms with Gasteiger partial charge in [-0.3, -0.25) is 0 Å². The van der Waals surface area contributed by atoms with E-state index in [0.717, 1.165) is 6.42 Å². The van der Waals surface area contributed by atoms with Gasteiger partial charge in [0.2, 0.25) is 0 Å². The summed E-state index contributed by atoms with van der Waals surface area (Å²) in [6.07, 6.45) is 15.2. The van der Waals surface area contributed by atoms with Crippen LogP contribution in [0.5, 0.6) is 0 Å². The SMILES string of the molecule is CC(C)(C)c1ccc2c(c1)Cc1c-2ccc(C(C)(C)C)[c]1[Zr+2]([C]1=CC=CC1)=[C]1CCCC1.[Cl-].[Cl-]. The molecule has 0 N–H and O–H groups in total. The minimum Gasteiger partial charge on any atom is -1.00 e. The Labute approximate surface area is 227 Å². The van der Waals surface area contributed by atoms with Crippen LogP contribution in [0.1, 0.15) is 95.9 Å². The van der Waals surface area contributed by atoms with Gasteiger partial charge in [-0.25, -0.2) is 0 Å². The maximum atomic E-state index is 2.51. The molecule has 0 aliphatic heterocycles. The van der Waals surface area contributed by atoms with Crippen molar-refractivity contribution in [2.45, 2.75) is 90.9 Å². The summed E-state index contributed by atoms with van der Waals surface area (Å²) in [6.45, 7) is 14.3. The predicted molar refractivity (Wildman–Crippen MR) is 137 cm³/mol. The summed E-state index contributed by atoms with van der Waals surface area (Å²) in [5.74, 6) is 0. The predicted octanol–water partition coefficient (Wildman–Crippen LogP) is 1.69. The Kier molecular flexibility index (Phi) is 8.45. The van der Waals surface area contributed by atoms with Crippen molar-refractivity contribution in [3.8, 4) is 11.1 Å². The molecule has 0 spiro atoms. The van der Waals surface area contributed by atoms with Crippen LogP contribution in [0.2, 0.25) is 0 Å². The molecule has 3 aliphatic rings. The van der Waals surface area contributed by atoms with E-state index < -0.39 is 21.3 Å². The van der Waals surface area contributed by atoms with Gasteiger partial charge in [0, 0.05) is 0 Å². The van der Waals surface area contributed by atoms with E-state index in [1.54, 1.807) is 16.7 Å². The van der Waals surface area contributed by atoms with Gasteiger partial charge in [-0.15, -0.1) is 0 Å². The second-order valence-corrected chi connectivity index (χ2v) is 18.5. The van der Waals surface area contributed by atoms with Gasteiger partial charge in [0.05, 0.1) is 0 Å². The van der Waals surface area contributed by atoms with Gasteiger partial charge in [0.25, 0.3) is 0 Å². The molecule has 0 bridgehead atoms. The smallest absolute Gasteiger partial charge is 1.00 e. The summed E-state index contributed by atoms with van der Waals surface area (Å²) in [4.78, 5) is 0. The fourth-order valence-electron chi connectivity index (χ4n) is 5.90. The van der Waals surface area contributed by atoms with Crippen LogP contribution in [0.3, 0.4) is 0 Å². The van der Waals surface area contributed by atoms with Crippen LogP contribution in [0, 0.1) is 0 Å². The molecular weight excluding hydrogens is 534 g/mol. The quantitative estimate of drug-likeness (QED) is 0.439. The Bertz CT molecular complexity index is 1180. The molecule has 0 nitrogen and oxygen atoms in total. The third-order valence-corrected chi connectivity index (χ3v) is 15.7. The van der Waals surface area contributed by atoms with Crippen molar-refractivity contribution in [2.24, 2.45) is 0 Å². The van der Waals surface area contributed by atoms with Gasteiger partial charge in [-0.05, 0) is 0 Å². The summed E-state index contributed by atoms with van der Waals surface area (Å²) in [6, 6.07) is 12.3. The van der Waals surface area contributed by atoms with E-state index in [1.807, 2.05) is 9.76 Å². The van der Waals surface area contributed by atoms with Crippen LogP contribution in [0.15, 0.2) is 51.8 Å². The molecule has 5 rings (SSSR count). The number of benzene rings is 2. The molecule has 1 saturated carbocycles. The van der Waals surface area contributed by atoms with Crippen LogP contribution in [0.25, 0.3) is 11.1 Å². The Morgan fingerprint density at radius 1 is 0.794 bits per heavy atom. The van der Waals surface area contributed by atoms with Crippen molar-refractivity contribution < 1.29 is 46.1 Å². The number of rotatable bonds is 2. The molecule has 0 unspecified atom stereocenters. The third-order valence-electron chi connectivity index (χ3n) is 7.65. The topological polar surface area (TPSA) is 0 Å². The van der Waals surface area contributed by atoms with E-state index in [0.29, 0.717) is 0 Å². The maximum Gasteiger partial charge on any atom is -1.00 e. The summed E-state index contributed by atoms with van der Waals surface area (Å²) < 4.78 is 5.64. The molecule has 0 aromatic heterocycles. The standard InChI is InChI=1S/C21H25.C5H8.C5H5.2ClH.Zr/c1-20(2,3)16-7-9-18-14(12-16)11-15-13-17(21(4,5)6)8-10-19(15)18;2*1-2-4-5-3-1;;;/h7-10,12H,11H2,1-6H3;1-4H2;1-3H,4H2;2*1H;/q;;;;;+2/p-2. The third kappa shape index (κ3) is 5.05. The van der Waals surface area contributed by atoms with Crippen LogP contribution >= 0.6 is 0 Å². The zero-order valence-electron chi connectivity index (χ0n) is 21.6. The van der Waals surface area contributed by atoms with Gasteiger partial charge >= 0.3 is 204 Å². The van der Waals surface area contributed by atoms with E-state index in [-0.39, 0.29) is 35.6 Å². The van der Waals surface area contributed by atoms with Crippen LogP contribution in [0.4, 0.5) is 0 Å². The number of fused-ring (bicyclic) bond motifs is 3. The summed E-state index contributed by atoms with van der Waals surface area (Å²) >= 11 is -2.11. The van der Waals surface area contributed by atoms with Crippen molar-refractivity contribution in [3.05, 3.63) is 74.1 Å². The summed E-state index contributed by atoms with van der Waals surface area (Å²) in [5, 5.41) is 0. The molecule has 3 aliphatic carbocycles. The van der Waals surface area contributed by atoms with E-state index in [1.165, 1.54) is 48.8 Å². The second-order valence-electron chi connectivity index (χ2n) is 12.1. The van der Waals surface area contributed by atoms with Gasteiger partial charge in [-0.1, -0.05) is 0 Å². The van der Waals surface area contributed by atoms with E-state index in [2.05, 4.69) is 90.1 Å². The molecule has 2 aromatic rings. The van der Waals surface area contributed by atoms with Crippen LogP contribution in [-0.2, 0) is 38.5 Å². The van der Waals surface area contributed by atoms with Crippen molar-refractivity contribution in [1.29, 1.82) is 0 Å².